The number of carbonyl (C=O) groups is 1. The van der Waals surface area contributed by atoms with Crippen molar-refractivity contribution in [1.29, 1.82) is 0 Å². The average Bonchev–Trinajstić information content (AvgIpc) is 2.16. The lowest BCUT2D eigenvalue weighted by molar-refractivity contribution is -0.139. The molecular weight excluding hydrogens is 180 g/mol. The van der Waals surface area contributed by atoms with E-state index in [0.717, 1.165) is 17.7 Å². The van der Waals surface area contributed by atoms with Crippen LogP contribution in [0.5, 0.6) is 0 Å². The Labute approximate surface area is 82.0 Å². The third kappa shape index (κ3) is 1.48. The zero-order valence-electron chi connectivity index (χ0n) is 7.95. The van der Waals surface area contributed by atoms with E-state index in [-0.39, 0.29) is 0 Å². The summed E-state index contributed by atoms with van der Waals surface area (Å²) >= 11 is 0. The predicted octanol–water partition coefficient (Wildman–Crippen LogP) is 0.661. The van der Waals surface area contributed by atoms with Crippen LogP contribution in [0.25, 0.3) is 0 Å². The number of aromatic nitrogens is 1. The first-order chi connectivity index (χ1) is 6.68. The quantitative estimate of drug-likeness (QED) is 0.686. The Bertz CT molecular complexity index is 376. The number of aryl methyl sites for hydroxylation is 1. The molecule has 1 aliphatic rings. The summed E-state index contributed by atoms with van der Waals surface area (Å²) in [5.74, 6) is -0.857. The van der Waals surface area contributed by atoms with Crippen molar-refractivity contribution in [1.82, 2.24) is 10.3 Å². The fourth-order valence-corrected chi connectivity index (χ4v) is 1.72. The molecule has 4 heteroatoms. The SMILES string of the molecule is Cc1ccc2c(n1)C(C(=O)O)NCC2. The van der Waals surface area contributed by atoms with E-state index in [2.05, 4.69) is 10.3 Å². The molecule has 0 bridgehead atoms. The van der Waals surface area contributed by atoms with E-state index in [9.17, 15) is 4.79 Å². The summed E-state index contributed by atoms with van der Waals surface area (Å²) in [6.07, 6.45) is 0.854. The second-order valence-electron chi connectivity index (χ2n) is 3.47. The minimum absolute atomic E-state index is 0.640. The van der Waals surface area contributed by atoms with Crippen LogP contribution in [0.2, 0.25) is 0 Å². The molecular formula is C10H12N2O2. The summed E-state index contributed by atoms with van der Waals surface area (Å²) in [6, 6.07) is 3.25. The van der Waals surface area contributed by atoms with Gasteiger partial charge in [-0.15, -0.1) is 0 Å². The second kappa shape index (κ2) is 3.38. The number of carboxylic acid groups (broad SMARTS) is 1. The minimum atomic E-state index is -0.857. The number of hydrogen-bond acceptors (Lipinski definition) is 3. The summed E-state index contributed by atoms with van der Waals surface area (Å²) in [5, 5.41) is 11.9. The van der Waals surface area contributed by atoms with Gasteiger partial charge >= 0.3 is 5.97 Å². The van der Waals surface area contributed by atoms with Crippen molar-refractivity contribution in [2.24, 2.45) is 0 Å². The predicted molar refractivity (Wildman–Crippen MR) is 51.1 cm³/mol. The highest BCUT2D eigenvalue weighted by atomic mass is 16.4. The van der Waals surface area contributed by atoms with Crippen LogP contribution >= 0.6 is 0 Å². The maximum atomic E-state index is 10.9. The molecule has 0 amide bonds. The number of nitrogens with zero attached hydrogens (tertiary/aromatic N) is 1. The molecule has 1 atom stereocenters. The summed E-state index contributed by atoms with van der Waals surface area (Å²) in [5.41, 5.74) is 2.57. The van der Waals surface area contributed by atoms with E-state index >= 15 is 0 Å². The first-order valence-electron chi connectivity index (χ1n) is 4.61. The van der Waals surface area contributed by atoms with Gasteiger partial charge in [-0.2, -0.15) is 0 Å². The Kier molecular flexibility index (Phi) is 2.21. The van der Waals surface area contributed by atoms with Gasteiger partial charge in [-0.05, 0) is 25.0 Å². The second-order valence-corrected chi connectivity index (χ2v) is 3.47. The average molecular weight is 192 g/mol. The topological polar surface area (TPSA) is 62.2 Å². The molecule has 2 rings (SSSR count). The Morgan fingerprint density at radius 1 is 1.64 bits per heavy atom. The molecule has 2 N–H and O–H groups in total. The zero-order chi connectivity index (χ0) is 10.1. The largest absolute Gasteiger partial charge is 0.480 e. The maximum Gasteiger partial charge on any atom is 0.326 e. The van der Waals surface area contributed by atoms with Crippen LogP contribution in [-0.4, -0.2) is 22.6 Å². The van der Waals surface area contributed by atoms with E-state index in [1.54, 1.807) is 0 Å². The fourth-order valence-electron chi connectivity index (χ4n) is 1.72. The molecule has 1 aliphatic heterocycles. The molecule has 1 unspecified atom stereocenters. The van der Waals surface area contributed by atoms with E-state index in [0.29, 0.717) is 12.2 Å². The summed E-state index contributed by atoms with van der Waals surface area (Å²) < 4.78 is 0. The molecule has 74 valence electrons. The number of hydrogen-bond donors (Lipinski definition) is 2. The number of nitrogens with one attached hydrogen (secondary N) is 1. The van der Waals surface area contributed by atoms with Gasteiger partial charge in [-0.25, -0.2) is 0 Å². The highest BCUT2D eigenvalue weighted by molar-refractivity contribution is 5.75. The first kappa shape index (κ1) is 9.15. The van der Waals surface area contributed by atoms with Crippen LogP contribution in [0, 0.1) is 6.92 Å². The molecule has 4 nitrogen and oxygen atoms in total. The van der Waals surface area contributed by atoms with Crippen molar-refractivity contribution in [3.05, 3.63) is 29.1 Å². The highest BCUT2D eigenvalue weighted by Gasteiger charge is 2.26. The van der Waals surface area contributed by atoms with Crippen molar-refractivity contribution < 1.29 is 9.90 Å². The standard InChI is InChI=1S/C10H12N2O2/c1-6-2-3-7-4-5-11-9(10(13)14)8(7)12-6/h2-3,9,11H,4-5H2,1H3,(H,13,14). The van der Waals surface area contributed by atoms with Crippen molar-refractivity contribution in [2.75, 3.05) is 6.54 Å². The van der Waals surface area contributed by atoms with Crippen LogP contribution < -0.4 is 5.32 Å². The number of pyridine rings is 1. The summed E-state index contributed by atoms with van der Waals surface area (Å²) in [7, 11) is 0. The smallest absolute Gasteiger partial charge is 0.326 e. The number of fused-ring (bicyclic) bond motifs is 1. The molecule has 0 radical (unpaired) electrons. The van der Waals surface area contributed by atoms with Gasteiger partial charge in [-0.1, -0.05) is 6.07 Å². The molecule has 1 aromatic rings. The van der Waals surface area contributed by atoms with Gasteiger partial charge in [0.2, 0.25) is 0 Å². The fraction of sp³-hybridized carbons (Fsp3) is 0.400. The Balaban J connectivity index is 2.46. The monoisotopic (exact) mass is 192 g/mol. The van der Waals surface area contributed by atoms with Crippen molar-refractivity contribution in [3.63, 3.8) is 0 Å². The van der Waals surface area contributed by atoms with Gasteiger partial charge in [-0.3, -0.25) is 15.1 Å². The van der Waals surface area contributed by atoms with E-state index < -0.39 is 12.0 Å². The van der Waals surface area contributed by atoms with Crippen LogP contribution in [-0.2, 0) is 11.2 Å². The highest BCUT2D eigenvalue weighted by Crippen LogP contribution is 2.21. The lowest BCUT2D eigenvalue weighted by atomic mass is 9.99. The van der Waals surface area contributed by atoms with Gasteiger partial charge in [0.25, 0.3) is 0 Å². The zero-order valence-corrected chi connectivity index (χ0v) is 7.95. The Morgan fingerprint density at radius 3 is 3.14 bits per heavy atom. The Hall–Kier alpha value is -1.42. The van der Waals surface area contributed by atoms with Crippen molar-refractivity contribution in [3.8, 4) is 0 Å². The van der Waals surface area contributed by atoms with Crippen LogP contribution in [0.1, 0.15) is 23.0 Å². The van der Waals surface area contributed by atoms with Gasteiger partial charge < -0.3 is 5.11 Å². The normalized spacial score (nSPS) is 20.2. The number of rotatable bonds is 1. The summed E-state index contributed by atoms with van der Waals surface area (Å²) in [6.45, 7) is 2.57. The number of aliphatic carboxylic acids is 1. The summed E-state index contributed by atoms with van der Waals surface area (Å²) in [4.78, 5) is 15.2. The first-order valence-corrected chi connectivity index (χ1v) is 4.61. The lowest BCUT2D eigenvalue weighted by Crippen LogP contribution is -2.35. The van der Waals surface area contributed by atoms with E-state index in [1.807, 2.05) is 19.1 Å². The molecule has 0 saturated heterocycles. The molecule has 0 fully saturated rings. The molecule has 0 aliphatic carbocycles. The molecule has 0 spiro atoms. The van der Waals surface area contributed by atoms with Crippen molar-refractivity contribution in [2.45, 2.75) is 19.4 Å². The van der Waals surface area contributed by atoms with Crippen LogP contribution in [0.4, 0.5) is 0 Å². The molecule has 0 saturated carbocycles. The molecule has 0 aromatic carbocycles. The number of carboxylic acids is 1. The van der Waals surface area contributed by atoms with Gasteiger partial charge in [0, 0.05) is 12.2 Å². The third-order valence-electron chi connectivity index (χ3n) is 2.41. The van der Waals surface area contributed by atoms with E-state index in [1.165, 1.54) is 0 Å². The van der Waals surface area contributed by atoms with Gasteiger partial charge in [0.15, 0.2) is 0 Å². The Morgan fingerprint density at radius 2 is 2.43 bits per heavy atom. The maximum absolute atomic E-state index is 10.9. The van der Waals surface area contributed by atoms with Crippen molar-refractivity contribution >= 4 is 5.97 Å². The van der Waals surface area contributed by atoms with Crippen LogP contribution in [0.15, 0.2) is 12.1 Å². The van der Waals surface area contributed by atoms with E-state index in [4.69, 9.17) is 5.11 Å². The lowest BCUT2D eigenvalue weighted by Gasteiger charge is -2.22. The molecule has 14 heavy (non-hydrogen) atoms. The minimum Gasteiger partial charge on any atom is -0.480 e. The molecule has 1 aromatic heterocycles. The third-order valence-corrected chi connectivity index (χ3v) is 2.41. The van der Waals surface area contributed by atoms with Gasteiger partial charge in [0.1, 0.15) is 6.04 Å². The van der Waals surface area contributed by atoms with Gasteiger partial charge in [0.05, 0.1) is 5.69 Å². The molecule has 2 heterocycles. The van der Waals surface area contributed by atoms with Crippen LogP contribution in [0.3, 0.4) is 0 Å².